The maximum Gasteiger partial charge on any atom is 0.323 e. The van der Waals surface area contributed by atoms with Gasteiger partial charge in [-0.25, -0.2) is 0 Å². The first kappa shape index (κ1) is 54.9. The first-order valence-corrected chi connectivity index (χ1v) is 25.2. The van der Waals surface area contributed by atoms with Crippen LogP contribution in [-0.2, 0) is 19.1 Å². The SMILES string of the molecule is CCCCCCCCC(CCCCCCCC)OC(=O)C(CCCCCCCCCCCCCC(=O)OCCC(CCCCCC)CCCCCC)NCCO. The molecule has 1 unspecified atom stereocenters. The zero-order chi connectivity index (χ0) is 41.0. The quantitative estimate of drug-likeness (QED) is 0.0472. The van der Waals surface area contributed by atoms with E-state index in [0.29, 0.717) is 19.6 Å². The molecule has 0 saturated carbocycles. The Labute approximate surface area is 350 Å². The molecular formula is C50H99NO5. The summed E-state index contributed by atoms with van der Waals surface area (Å²) in [6, 6.07) is -0.316. The van der Waals surface area contributed by atoms with Gasteiger partial charge in [0.25, 0.3) is 0 Å². The van der Waals surface area contributed by atoms with E-state index >= 15 is 0 Å². The van der Waals surface area contributed by atoms with Crippen LogP contribution in [0.1, 0.15) is 272 Å². The first-order chi connectivity index (χ1) is 27.5. The lowest BCUT2D eigenvalue weighted by molar-refractivity contribution is -0.152. The third-order valence-electron chi connectivity index (χ3n) is 11.9. The number of hydrogen-bond acceptors (Lipinski definition) is 6. The number of rotatable bonds is 46. The van der Waals surface area contributed by atoms with Crippen molar-refractivity contribution in [2.24, 2.45) is 5.92 Å². The van der Waals surface area contributed by atoms with Gasteiger partial charge in [0.1, 0.15) is 12.1 Å². The molecule has 0 aromatic rings. The Morgan fingerprint density at radius 2 is 0.839 bits per heavy atom. The lowest BCUT2D eigenvalue weighted by Crippen LogP contribution is -2.41. The van der Waals surface area contributed by atoms with Crippen LogP contribution in [0.2, 0.25) is 0 Å². The number of aliphatic hydroxyl groups excluding tert-OH is 1. The van der Waals surface area contributed by atoms with Crippen LogP contribution >= 0.6 is 0 Å². The van der Waals surface area contributed by atoms with Crippen LogP contribution < -0.4 is 5.32 Å². The summed E-state index contributed by atoms with van der Waals surface area (Å²) in [5, 5.41) is 12.7. The van der Waals surface area contributed by atoms with Crippen molar-refractivity contribution in [2.45, 2.75) is 284 Å². The molecule has 0 amide bonds. The predicted octanol–water partition coefficient (Wildman–Crippen LogP) is 14.9. The van der Waals surface area contributed by atoms with Gasteiger partial charge in [-0.15, -0.1) is 0 Å². The number of ether oxygens (including phenoxy) is 2. The molecule has 0 rings (SSSR count). The molecule has 1 atom stereocenters. The van der Waals surface area contributed by atoms with Crippen molar-refractivity contribution < 1.29 is 24.2 Å². The van der Waals surface area contributed by atoms with E-state index < -0.39 is 0 Å². The minimum Gasteiger partial charge on any atom is -0.466 e. The van der Waals surface area contributed by atoms with E-state index in [0.717, 1.165) is 70.1 Å². The summed E-state index contributed by atoms with van der Waals surface area (Å²) in [7, 11) is 0. The number of carbonyl (C=O) groups excluding carboxylic acids is 2. The van der Waals surface area contributed by atoms with Gasteiger partial charge in [0, 0.05) is 13.0 Å². The predicted molar refractivity (Wildman–Crippen MR) is 241 cm³/mol. The van der Waals surface area contributed by atoms with E-state index in [-0.39, 0.29) is 30.7 Å². The van der Waals surface area contributed by atoms with E-state index in [4.69, 9.17) is 9.47 Å². The standard InChI is InChI=1S/C50H99NO5/c1-5-9-13-17-26-32-38-47(39-33-27-18-14-10-6-2)56-50(54)48(51-43-44-52)40-34-28-24-22-20-19-21-23-25-29-35-41-49(53)55-45-42-46(36-30-15-11-7-3)37-31-16-12-8-4/h46-48,51-52H,5-45H2,1-4H3. The normalized spacial score (nSPS) is 12.2. The summed E-state index contributed by atoms with van der Waals surface area (Å²) in [6.45, 7) is 10.1. The molecule has 0 bridgehead atoms. The van der Waals surface area contributed by atoms with Crippen LogP contribution in [0.3, 0.4) is 0 Å². The fourth-order valence-electron chi connectivity index (χ4n) is 8.13. The molecule has 0 aliphatic carbocycles. The van der Waals surface area contributed by atoms with Crippen LogP contribution in [0.15, 0.2) is 0 Å². The van der Waals surface area contributed by atoms with Crippen molar-refractivity contribution in [3.05, 3.63) is 0 Å². The number of carbonyl (C=O) groups is 2. The van der Waals surface area contributed by atoms with E-state index in [1.54, 1.807) is 0 Å². The Morgan fingerprint density at radius 1 is 0.464 bits per heavy atom. The summed E-state index contributed by atoms with van der Waals surface area (Å²) in [4.78, 5) is 25.7. The Hall–Kier alpha value is -1.14. The highest BCUT2D eigenvalue weighted by Crippen LogP contribution is 2.23. The van der Waals surface area contributed by atoms with Gasteiger partial charge >= 0.3 is 11.9 Å². The maximum absolute atomic E-state index is 13.3. The Bertz CT molecular complexity index is 778. The van der Waals surface area contributed by atoms with Crippen molar-refractivity contribution in [1.29, 1.82) is 0 Å². The van der Waals surface area contributed by atoms with Gasteiger partial charge in [-0.1, -0.05) is 220 Å². The lowest BCUT2D eigenvalue weighted by Gasteiger charge is -2.23. The van der Waals surface area contributed by atoms with Gasteiger partial charge in [-0.3, -0.25) is 9.59 Å². The molecule has 334 valence electrons. The van der Waals surface area contributed by atoms with Gasteiger partial charge in [0.15, 0.2) is 0 Å². The number of hydrogen-bond donors (Lipinski definition) is 2. The molecule has 0 aromatic heterocycles. The topological polar surface area (TPSA) is 84.9 Å². The summed E-state index contributed by atoms with van der Waals surface area (Å²) in [6.07, 6.45) is 45.6. The third-order valence-corrected chi connectivity index (χ3v) is 11.9. The summed E-state index contributed by atoms with van der Waals surface area (Å²) in [5.74, 6) is 0.614. The lowest BCUT2D eigenvalue weighted by atomic mass is 9.92. The summed E-state index contributed by atoms with van der Waals surface area (Å²) < 4.78 is 11.8. The average Bonchev–Trinajstić information content (AvgIpc) is 3.20. The second-order valence-corrected chi connectivity index (χ2v) is 17.4. The molecule has 6 nitrogen and oxygen atoms in total. The number of nitrogens with one attached hydrogen (secondary N) is 1. The van der Waals surface area contributed by atoms with Gasteiger partial charge in [0.05, 0.1) is 13.2 Å². The molecule has 0 aliphatic rings. The molecule has 56 heavy (non-hydrogen) atoms. The van der Waals surface area contributed by atoms with Crippen molar-refractivity contribution in [1.82, 2.24) is 5.32 Å². The highest BCUT2D eigenvalue weighted by atomic mass is 16.5. The summed E-state index contributed by atoms with van der Waals surface area (Å²) in [5.41, 5.74) is 0. The van der Waals surface area contributed by atoms with E-state index in [2.05, 4.69) is 33.0 Å². The number of unbranched alkanes of at least 4 members (excludes halogenated alkanes) is 26. The first-order valence-electron chi connectivity index (χ1n) is 25.2. The molecule has 0 saturated heterocycles. The van der Waals surface area contributed by atoms with Crippen molar-refractivity contribution in [3.8, 4) is 0 Å². The van der Waals surface area contributed by atoms with E-state index in [1.165, 1.54) is 173 Å². The molecule has 0 aliphatic heterocycles. The number of aliphatic hydroxyl groups is 1. The van der Waals surface area contributed by atoms with Crippen LogP contribution in [0.4, 0.5) is 0 Å². The highest BCUT2D eigenvalue weighted by Gasteiger charge is 2.23. The fourth-order valence-corrected chi connectivity index (χ4v) is 8.13. The molecule has 0 aromatic carbocycles. The third kappa shape index (κ3) is 38.4. The molecule has 6 heteroatoms. The highest BCUT2D eigenvalue weighted by molar-refractivity contribution is 5.76. The van der Waals surface area contributed by atoms with Crippen LogP contribution in [0.5, 0.6) is 0 Å². The maximum atomic E-state index is 13.3. The Kier molecular flexibility index (Phi) is 44.0. The fraction of sp³-hybridized carbons (Fsp3) is 0.960. The van der Waals surface area contributed by atoms with Crippen LogP contribution in [0.25, 0.3) is 0 Å². The molecule has 0 radical (unpaired) electrons. The monoisotopic (exact) mass is 794 g/mol. The zero-order valence-corrected chi connectivity index (χ0v) is 38.3. The minimum atomic E-state index is -0.316. The van der Waals surface area contributed by atoms with Crippen LogP contribution in [0, 0.1) is 5.92 Å². The van der Waals surface area contributed by atoms with Gasteiger partial charge in [0.2, 0.25) is 0 Å². The average molecular weight is 794 g/mol. The Balaban J connectivity index is 4.18. The largest absolute Gasteiger partial charge is 0.466 e. The minimum absolute atomic E-state index is 0.00398. The molecule has 2 N–H and O–H groups in total. The Morgan fingerprint density at radius 3 is 1.29 bits per heavy atom. The van der Waals surface area contributed by atoms with Gasteiger partial charge < -0.3 is 19.9 Å². The molecule has 0 heterocycles. The van der Waals surface area contributed by atoms with E-state index in [1.807, 2.05) is 0 Å². The summed E-state index contributed by atoms with van der Waals surface area (Å²) >= 11 is 0. The van der Waals surface area contributed by atoms with Crippen molar-refractivity contribution in [2.75, 3.05) is 19.8 Å². The second kappa shape index (κ2) is 45.0. The zero-order valence-electron chi connectivity index (χ0n) is 38.3. The van der Waals surface area contributed by atoms with Gasteiger partial charge in [-0.2, -0.15) is 0 Å². The van der Waals surface area contributed by atoms with E-state index in [9.17, 15) is 14.7 Å². The second-order valence-electron chi connectivity index (χ2n) is 17.4. The van der Waals surface area contributed by atoms with Crippen molar-refractivity contribution >= 4 is 11.9 Å². The molecule has 0 spiro atoms. The van der Waals surface area contributed by atoms with Gasteiger partial charge in [-0.05, 0) is 50.9 Å². The number of esters is 2. The smallest absolute Gasteiger partial charge is 0.323 e. The van der Waals surface area contributed by atoms with Crippen molar-refractivity contribution in [3.63, 3.8) is 0 Å². The molecular weight excluding hydrogens is 695 g/mol. The van der Waals surface area contributed by atoms with Crippen LogP contribution in [-0.4, -0.2) is 48.9 Å². The molecule has 0 fully saturated rings.